The van der Waals surface area contributed by atoms with E-state index in [1.807, 2.05) is 54.6 Å². The van der Waals surface area contributed by atoms with E-state index >= 15 is 0 Å². The molecule has 10 N–H and O–H groups in total. The van der Waals surface area contributed by atoms with E-state index in [9.17, 15) is 8.42 Å². The summed E-state index contributed by atoms with van der Waals surface area (Å²) in [6.07, 6.45) is 0. The minimum Gasteiger partial charge on any atom is -0.497 e. The van der Waals surface area contributed by atoms with Crippen LogP contribution in [0.4, 0.5) is 0 Å². The van der Waals surface area contributed by atoms with Crippen LogP contribution in [-0.2, 0) is 10.0 Å². The summed E-state index contributed by atoms with van der Waals surface area (Å²) in [4.78, 5) is 4.64. The van der Waals surface area contributed by atoms with Gasteiger partial charge in [0.25, 0.3) is 10.3 Å². The lowest BCUT2D eigenvalue weighted by atomic mass is 10.1. The highest BCUT2D eigenvalue weighted by Gasteiger charge is 2.23. The third-order valence-corrected chi connectivity index (χ3v) is 5.42. The van der Waals surface area contributed by atoms with E-state index in [1.165, 1.54) is 6.07 Å². The predicted octanol–water partition coefficient (Wildman–Crippen LogP) is 3.72. The molecular weight excluding hydrogens is 564 g/mol. The number of nitrogens with two attached hydrogens (primary N) is 3. The van der Waals surface area contributed by atoms with Crippen LogP contribution < -0.4 is 21.3 Å². The Morgan fingerprint density at radius 2 is 1.36 bits per heavy atom. The average Bonchev–Trinajstić information content (AvgIpc) is 3.29. The molecule has 1 aromatic heterocycles. The summed E-state index contributed by atoms with van der Waals surface area (Å²) < 4.78 is 35.6. The summed E-state index contributed by atoms with van der Waals surface area (Å²) in [5, 5.41) is 19.6. The Morgan fingerprint density at radius 3 is 1.85 bits per heavy atom. The number of ether oxygens (including phenoxy) is 1. The van der Waals surface area contributed by atoms with E-state index in [2.05, 4.69) is 40.9 Å². The van der Waals surface area contributed by atoms with E-state index in [0.717, 1.165) is 11.1 Å². The fourth-order valence-corrected chi connectivity index (χ4v) is 3.79. The van der Waals surface area contributed by atoms with Crippen LogP contribution in [0.1, 0.15) is 7.43 Å². The van der Waals surface area contributed by atoms with Gasteiger partial charge in [-0.1, -0.05) is 37.8 Å². The van der Waals surface area contributed by atoms with E-state index in [1.54, 1.807) is 25.3 Å². The Labute approximate surface area is 237 Å². The second-order valence-electron chi connectivity index (χ2n) is 7.01. The maximum Gasteiger partial charge on any atom is 0.251 e. The van der Waals surface area contributed by atoms with E-state index in [0.29, 0.717) is 28.7 Å². The second kappa shape index (κ2) is 16.0. The number of hydrogen-bond acceptors (Lipinski definition) is 7. The van der Waals surface area contributed by atoms with Crippen molar-refractivity contribution in [1.82, 2.24) is 4.98 Å². The number of aliphatic hydroxyl groups excluding tert-OH is 2. The Hall–Kier alpha value is -4.08. The van der Waals surface area contributed by atoms with Crippen LogP contribution in [0.2, 0.25) is 0 Å². The van der Waals surface area contributed by atoms with Crippen molar-refractivity contribution in [3.05, 3.63) is 78.9 Å². The molecule has 0 saturated carbocycles. The summed E-state index contributed by atoms with van der Waals surface area (Å²) in [6, 6.07) is 23.2. The molecule has 1 heterocycles. The van der Waals surface area contributed by atoms with Gasteiger partial charge in [-0.25, -0.2) is 18.5 Å². The highest BCUT2D eigenvalue weighted by atomic mass is 32.2. The summed E-state index contributed by atoms with van der Waals surface area (Å²) in [6.45, 7) is 0. The zero-order valence-corrected chi connectivity index (χ0v) is 22.4. The molecule has 4 rings (SSSR count). The fraction of sp³-hybridized carbons (Fsp3) is 0.0800. The molecule has 0 fully saturated rings. The molecule has 0 aliphatic rings. The van der Waals surface area contributed by atoms with Crippen molar-refractivity contribution < 1.29 is 33.3 Å². The van der Waals surface area contributed by atoms with Gasteiger partial charge < -0.3 is 36.3 Å². The van der Waals surface area contributed by atoms with E-state index in [4.69, 9.17) is 24.5 Å². The number of methoxy groups -OCH3 is 1. The number of sulfonamides is 1. The minimum atomic E-state index is -3.95. The number of primary sulfonamides is 1. The molecule has 14 heteroatoms. The first kappa shape index (κ1) is 34.9. The van der Waals surface area contributed by atoms with Gasteiger partial charge in [0.15, 0.2) is 5.76 Å². The predicted molar refractivity (Wildman–Crippen MR) is 160 cm³/mol. The first-order valence-corrected chi connectivity index (χ1v) is 12.6. The van der Waals surface area contributed by atoms with Crippen molar-refractivity contribution in [3.63, 3.8) is 0 Å². The fourth-order valence-electron chi connectivity index (χ4n) is 3.05. The van der Waals surface area contributed by atoms with Crippen molar-refractivity contribution >= 4 is 44.8 Å². The maximum atomic E-state index is 12.1. The molecule has 0 unspecified atom stereocenters. The molecule has 0 radical (unpaired) electrons. The highest BCUT2D eigenvalue weighted by Crippen LogP contribution is 2.38. The molecule has 0 aliphatic heterocycles. The van der Waals surface area contributed by atoms with Gasteiger partial charge in [0, 0.05) is 16.7 Å². The number of hydrogen-bond donors (Lipinski definition) is 5. The lowest BCUT2D eigenvalue weighted by molar-refractivity contribution is 0.415. The number of aromatic nitrogens is 1. The molecule has 0 amide bonds. The number of oxazole rings is 1. The molecule has 3 aromatic carbocycles. The number of thiocarbonyl (C=S) groups is 2. The highest BCUT2D eigenvalue weighted by molar-refractivity contribution is 7.89. The van der Waals surface area contributed by atoms with Gasteiger partial charge in [-0.2, -0.15) is 0 Å². The summed E-state index contributed by atoms with van der Waals surface area (Å²) >= 11 is 7.74. The lowest BCUT2D eigenvalue weighted by Gasteiger charge is -2.07. The Balaban J connectivity index is 0.00000128. The second-order valence-corrected chi connectivity index (χ2v) is 9.38. The SMILES string of the molecule is C.COc1ccc(-c2nc(-c3ccccc3)oc2-c2ccccc2S(N)(=O)=O)cc1.NC(O)=S.NC(O)=S.O. The Kier molecular flexibility index (Phi) is 14.3. The number of aliphatic hydroxyl groups is 2. The molecule has 0 aliphatic carbocycles. The van der Waals surface area contributed by atoms with Crippen LogP contribution in [0, 0.1) is 0 Å². The smallest absolute Gasteiger partial charge is 0.251 e. The third kappa shape index (κ3) is 10.7. The van der Waals surface area contributed by atoms with Crippen LogP contribution in [0.25, 0.3) is 34.0 Å². The van der Waals surface area contributed by atoms with Gasteiger partial charge in [0.05, 0.1) is 12.0 Å². The van der Waals surface area contributed by atoms with Gasteiger partial charge in [-0.15, -0.1) is 0 Å². The van der Waals surface area contributed by atoms with Crippen molar-refractivity contribution in [2.24, 2.45) is 16.6 Å². The first-order valence-electron chi connectivity index (χ1n) is 10.2. The number of benzene rings is 3. The molecule has 0 bridgehead atoms. The van der Waals surface area contributed by atoms with Crippen molar-refractivity contribution in [2.75, 3.05) is 7.11 Å². The zero-order chi connectivity index (χ0) is 27.6. The van der Waals surface area contributed by atoms with E-state index in [-0.39, 0.29) is 17.8 Å². The topological polar surface area (TPSA) is 219 Å². The Morgan fingerprint density at radius 1 is 0.872 bits per heavy atom. The quantitative estimate of drug-likeness (QED) is 0.210. The third-order valence-electron chi connectivity index (χ3n) is 4.45. The van der Waals surface area contributed by atoms with Gasteiger partial charge in [0.1, 0.15) is 11.4 Å². The first-order chi connectivity index (χ1) is 17.4. The maximum absolute atomic E-state index is 12.1. The summed E-state index contributed by atoms with van der Waals surface area (Å²) in [5.74, 6) is 1.42. The van der Waals surface area contributed by atoms with Gasteiger partial charge >= 0.3 is 0 Å². The van der Waals surface area contributed by atoms with Crippen molar-refractivity contribution in [3.8, 4) is 39.8 Å². The monoisotopic (exact) mass is 594 g/mol. The van der Waals surface area contributed by atoms with Crippen LogP contribution >= 0.6 is 24.4 Å². The molecule has 210 valence electrons. The van der Waals surface area contributed by atoms with Gasteiger partial charge in [-0.05, 0) is 73.0 Å². The summed E-state index contributed by atoms with van der Waals surface area (Å²) in [7, 11) is -2.36. The molecular formula is C25H30N4O7S3. The van der Waals surface area contributed by atoms with Crippen LogP contribution in [0.5, 0.6) is 5.75 Å². The molecule has 11 nitrogen and oxygen atoms in total. The molecule has 0 saturated heterocycles. The van der Waals surface area contributed by atoms with Gasteiger partial charge in [-0.3, -0.25) is 0 Å². The standard InChI is InChI=1S/C22H18N2O4S.2CH3NOS.CH4.H2O/c1-27-17-13-11-15(12-14-17)20-21(18-9-5-6-10-19(18)29(23,25)26)28-22(24-20)16-7-3-2-4-8-16;2*2-1(3)4;;/h2-14H,1H3,(H2,23,25,26);2*(H3,2,3,4);1H4;1H2. The lowest BCUT2D eigenvalue weighted by Crippen LogP contribution is -2.13. The van der Waals surface area contributed by atoms with Crippen molar-refractivity contribution in [1.29, 1.82) is 0 Å². The molecule has 0 spiro atoms. The molecule has 4 aromatic rings. The number of nitrogens with zero attached hydrogens (tertiary/aromatic N) is 1. The average molecular weight is 595 g/mol. The normalized spacial score (nSPS) is 9.69. The van der Waals surface area contributed by atoms with Crippen LogP contribution in [-0.4, -0.2) is 46.5 Å². The summed E-state index contributed by atoms with van der Waals surface area (Å²) in [5.41, 5.74) is 11.2. The van der Waals surface area contributed by atoms with Crippen molar-refractivity contribution in [2.45, 2.75) is 12.3 Å². The van der Waals surface area contributed by atoms with Crippen LogP contribution in [0.3, 0.4) is 0 Å². The Bertz CT molecular complexity index is 1440. The number of rotatable bonds is 5. The van der Waals surface area contributed by atoms with E-state index < -0.39 is 20.4 Å². The molecule has 39 heavy (non-hydrogen) atoms. The van der Waals surface area contributed by atoms with Crippen LogP contribution in [0.15, 0.2) is 88.2 Å². The molecule has 0 atom stereocenters. The largest absolute Gasteiger partial charge is 0.497 e. The minimum absolute atomic E-state index is 0. The van der Waals surface area contributed by atoms with Gasteiger partial charge in [0.2, 0.25) is 15.9 Å². The zero-order valence-electron chi connectivity index (χ0n) is 19.9.